The van der Waals surface area contributed by atoms with Crippen LogP contribution in [0.15, 0.2) is 54.6 Å². The molecule has 2 N–H and O–H groups in total. The van der Waals surface area contributed by atoms with Gasteiger partial charge < -0.3 is 10.4 Å². The van der Waals surface area contributed by atoms with Crippen molar-refractivity contribution in [2.75, 3.05) is 5.32 Å². The van der Waals surface area contributed by atoms with Gasteiger partial charge in [0.1, 0.15) is 5.82 Å². The van der Waals surface area contributed by atoms with Gasteiger partial charge in [0.15, 0.2) is 0 Å². The molecule has 0 radical (unpaired) electrons. The minimum Gasteiger partial charge on any atom is -0.478 e. The Kier molecular flexibility index (Phi) is 4.46. The summed E-state index contributed by atoms with van der Waals surface area (Å²) in [5, 5.41) is 11.2. The molecule has 0 bridgehead atoms. The summed E-state index contributed by atoms with van der Waals surface area (Å²) < 4.78 is 13.5. The van der Waals surface area contributed by atoms with E-state index in [0.717, 1.165) is 17.7 Å². The van der Waals surface area contributed by atoms with Crippen LogP contribution in [0.25, 0.3) is 6.08 Å². The molecule has 1 amide bonds. The molecule has 0 unspecified atom stereocenters. The molecule has 0 aliphatic rings. The number of nitrogens with one attached hydrogen (secondary N) is 1. The SMILES string of the molecule is O=C(/C=C/c1ccccc1)Nc1ccc(C(=O)O)c(F)c1. The summed E-state index contributed by atoms with van der Waals surface area (Å²) in [5.41, 5.74) is 0.619. The Morgan fingerprint density at radius 2 is 1.81 bits per heavy atom. The van der Waals surface area contributed by atoms with Crippen molar-refractivity contribution in [2.24, 2.45) is 0 Å². The Morgan fingerprint density at radius 1 is 1.10 bits per heavy atom. The van der Waals surface area contributed by atoms with E-state index in [2.05, 4.69) is 5.32 Å². The Morgan fingerprint density at radius 3 is 2.43 bits per heavy atom. The molecular formula is C16H12FNO3. The van der Waals surface area contributed by atoms with Gasteiger partial charge in [-0.25, -0.2) is 9.18 Å². The Balaban J connectivity index is 2.05. The number of rotatable bonds is 4. The highest BCUT2D eigenvalue weighted by Crippen LogP contribution is 2.14. The van der Waals surface area contributed by atoms with E-state index < -0.39 is 23.3 Å². The summed E-state index contributed by atoms with van der Waals surface area (Å²) in [6.07, 6.45) is 2.94. The van der Waals surface area contributed by atoms with Crippen LogP contribution in [0.3, 0.4) is 0 Å². The molecule has 5 heteroatoms. The average Bonchev–Trinajstić information content (AvgIpc) is 2.46. The highest BCUT2D eigenvalue weighted by atomic mass is 19.1. The van der Waals surface area contributed by atoms with E-state index in [1.807, 2.05) is 30.3 Å². The molecule has 2 aromatic rings. The van der Waals surface area contributed by atoms with Gasteiger partial charge in [-0.05, 0) is 29.8 Å². The number of carbonyl (C=O) groups excluding carboxylic acids is 1. The molecule has 0 aliphatic heterocycles. The molecule has 21 heavy (non-hydrogen) atoms. The molecule has 0 aromatic heterocycles. The van der Waals surface area contributed by atoms with Crippen molar-refractivity contribution in [1.29, 1.82) is 0 Å². The summed E-state index contributed by atoms with van der Waals surface area (Å²) in [6.45, 7) is 0. The van der Waals surface area contributed by atoms with E-state index in [9.17, 15) is 14.0 Å². The molecule has 0 saturated heterocycles. The van der Waals surface area contributed by atoms with Gasteiger partial charge in [-0.2, -0.15) is 0 Å². The Hall–Kier alpha value is -2.95. The topological polar surface area (TPSA) is 66.4 Å². The van der Waals surface area contributed by atoms with Crippen molar-refractivity contribution < 1.29 is 19.1 Å². The van der Waals surface area contributed by atoms with Crippen LogP contribution in [-0.2, 0) is 4.79 Å². The fourth-order valence-electron chi connectivity index (χ4n) is 1.69. The maximum atomic E-state index is 13.5. The summed E-state index contributed by atoms with van der Waals surface area (Å²) >= 11 is 0. The first-order valence-electron chi connectivity index (χ1n) is 6.13. The number of anilines is 1. The highest BCUT2D eigenvalue weighted by molar-refractivity contribution is 6.02. The highest BCUT2D eigenvalue weighted by Gasteiger charge is 2.10. The fourth-order valence-corrected chi connectivity index (χ4v) is 1.69. The zero-order valence-corrected chi connectivity index (χ0v) is 10.9. The number of hydrogen-bond acceptors (Lipinski definition) is 2. The van der Waals surface area contributed by atoms with Gasteiger partial charge in [0.05, 0.1) is 5.56 Å². The van der Waals surface area contributed by atoms with E-state index >= 15 is 0 Å². The smallest absolute Gasteiger partial charge is 0.338 e. The molecule has 2 rings (SSSR count). The lowest BCUT2D eigenvalue weighted by Crippen LogP contribution is -2.09. The van der Waals surface area contributed by atoms with Crippen molar-refractivity contribution in [1.82, 2.24) is 0 Å². The van der Waals surface area contributed by atoms with Crippen LogP contribution in [0.1, 0.15) is 15.9 Å². The first-order chi connectivity index (χ1) is 10.1. The van der Waals surface area contributed by atoms with Gasteiger partial charge in [-0.1, -0.05) is 30.3 Å². The van der Waals surface area contributed by atoms with Crippen LogP contribution >= 0.6 is 0 Å². The van der Waals surface area contributed by atoms with Gasteiger partial charge in [0.2, 0.25) is 5.91 Å². The largest absolute Gasteiger partial charge is 0.478 e. The van der Waals surface area contributed by atoms with Crippen molar-refractivity contribution in [3.63, 3.8) is 0 Å². The lowest BCUT2D eigenvalue weighted by molar-refractivity contribution is -0.111. The van der Waals surface area contributed by atoms with Gasteiger partial charge in [-0.3, -0.25) is 4.79 Å². The zero-order chi connectivity index (χ0) is 15.2. The van der Waals surface area contributed by atoms with E-state index in [1.54, 1.807) is 6.08 Å². The second kappa shape index (κ2) is 6.47. The van der Waals surface area contributed by atoms with Crippen LogP contribution in [0.5, 0.6) is 0 Å². The van der Waals surface area contributed by atoms with Crippen LogP contribution in [-0.4, -0.2) is 17.0 Å². The van der Waals surface area contributed by atoms with Crippen molar-refractivity contribution in [3.05, 3.63) is 71.6 Å². The third-order valence-electron chi connectivity index (χ3n) is 2.69. The van der Waals surface area contributed by atoms with Gasteiger partial charge in [0.25, 0.3) is 0 Å². The van der Waals surface area contributed by atoms with Gasteiger partial charge in [-0.15, -0.1) is 0 Å². The molecule has 0 aliphatic carbocycles. The van der Waals surface area contributed by atoms with Crippen molar-refractivity contribution in [2.45, 2.75) is 0 Å². The summed E-state index contributed by atoms with van der Waals surface area (Å²) in [5.74, 6) is -2.68. The lowest BCUT2D eigenvalue weighted by atomic mass is 10.2. The Labute approximate surface area is 120 Å². The number of benzene rings is 2. The zero-order valence-electron chi connectivity index (χ0n) is 10.9. The molecule has 2 aromatic carbocycles. The summed E-state index contributed by atoms with van der Waals surface area (Å²) in [7, 11) is 0. The minimum absolute atomic E-state index is 0.195. The number of carboxylic acids is 1. The van der Waals surface area contributed by atoms with Crippen molar-refractivity contribution >= 4 is 23.6 Å². The fraction of sp³-hybridized carbons (Fsp3) is 0. The predicted octanol–water partition coefficient (Wildman–Crippen LogP) is 3.18. The van der Waals surface area contributed by atoms with Crippen LogP contribution in [0.2, 0.25) is 0 Å². The first-order valence-corrected chi connectivity index (χ1v) is 6.13. The summed E-state index contributed by atoms with van der Waals surface area (Å²) in [6, 6.07) is 12.6. The number of amides is 1. The number of carboxylic acid groups (broad SMARTS) is 1. The number of aromatic carboxylic acids is 1. The summed E-state index contributed by atoms with van der Waals surface area (Å²) in [4.78, 5) is 22.4. The quantitative estimate of drug-likeness (QED) is 0.848. The maximum Gasteiger partial charge on any atom is 0.338 e. The molecule has 0 saturated carbocycles. The maximum absolute atomic E-state index is 13.5. The second-order valence-corrected chi connectivity index (χ2v) is 4.23. The standard InChI is InChI=1S/C16H12FNO3/c17-14-10-12(7-8-13(14)16(20)21)18-15(19)9-6-11-4-2-1-3-5-11/h1-10H,(H,18,19)(H,20,21)/b9-6+. The molecule has 4 nitrogen and oxygen atoms in total. The molecule has 0 heterocycles. The second-order valence-electron chi connectivity index (χ2n) is 4.23. The number of hydrogen-bond donors (Lipinski definition) is 2. The van der Waals surface area contributed by atoms with Gasteiger partial charge in [0, 0.05) is 11.8 Å². The predicted molar refractivity (Wildman–Crippen MR) is 77.5 cm³/mol. The van der Waals surface area contributed by atoms with E-state index in [1.165, 1.54) is 12.1 Å². The lowest BCUT2D eigenvalue weighted by Gasteiger charge is -2.04. The van der Waals surface area contributed by atoms with Crippen LogP contribution in [0, 0.1) is 5.82 Å². The third kappa shape index (κ3) is 4.01. The van der Waals surface area contributed by atoms with E-state index in [0.29, 0.717) is 0 Å². The molecule has 0 fully saturated rings. The van der Waals surface area contributed by atoms with Crippen LogP contribution in [0.4, 0.5) is 10.1 Å². The van der Waals surface area contributed by atoms with Crippen LogP contribution < -0.4 is 5.32 Å². The third-order valence-corrected chi connectivity index (χ3v) is 2.69. The van der Waals surface area contributed by atoms with Crippen molar-refractivity contribution in [3.8, 4) is 0 Å². The minimum atomic E-state index is -1.35. The van der Waals surface area contributed by atoms with E-state index in [4.69, 9.17) is 5.11 Å². The van der Waals surface area contributed by atoms with E-state index in [-0.39, 0.29) is 5.69 Å². The monoisotopic (exact) mass is 285 g/mol. The average molecular weight is 285 g/mol. The first kappa shape index (κ1) is 14.5. The Bertz CT molecular complexity index is 696. The normalized spacial score (nSPS) is 10.5. The molecule has 0 atom stereocenters. The molecule has 0 spiro atoms. The number of halogens is 1. The van der Waals surface area contributed by atoms with Gasteiger partial charge >= 0.3 is 5.97 Å². The number of carbonyl (C=O) groups is 2. The molecule has 106 valence electrons. The molecular weight excluding hydrogens is 273 g/mol.